The monoisotopic (exact) mass is 314 g/mol. The Morgan fingerprint density at radius 1 is 0.952 bits per heavy atom. The van der Waals surface area contributed by atoms with Crippen LogP contribution in [0.15, 0.2) is 60.7 Å². The maximum Gasteiger partial charge on any atom is 1.00 e. The van der Waals surface area contributed by atoms with Crippen LogP contribution in [0.1, 0.15) is 24.0 Å². The molecule has 0 amide bonds. The van der Waals surface area contributed by atoms with E-state index in [9.17, 15) is 18.1 Å². The van der Waals surface area contributed by atoms with Crippen LogP contribution in [-0.4, -0.2) is 23.0 Å². The molecule has 21 heavy (non-hydrogen) atoms. The zero-order valence-electron chi connectivity index (χ0n) is 11.9. The molecule has 0 saturated heterocycles. The second kappa shape index (κ2) is 7.05. The first-order chi connectivity index (χ1) is 9.34. The average molecular weight is 314 g/mol. The third kappa shape index (κ3) is 3.94. The third-order valence-corrected chi connectivity index (χ3v) is 4.56. The number of hydrogen-bond donors (Lipinski definition) is 1. The molecule has 0 heterocycles. The van der Waals surface area contributed by atoms with Crippen LogP contribution >= 0.6 is 0 Å². The zero-order chi connectivity index (χ0) is 14.8. The second-order valence-corrected chi connectivity index (χ2v) is 6.50. The fourth-order valence-corrected chi connectivity index (χ4v) is 2.81. The summed E-state index contributed by atoms with van der Waals surface area (Å²) in [6.07, 6.45) is 0. The fourth-order valence-electron chi connectivity index (χ4n) is 2.25. The minimum absolute atomic E-state index is 0. The smallest absolute Gasteiger partial charge is 0.746 e. The van der Waals surface area contributed by atoms with Gasteiger partial charge in [0, 0.05) is 0 Å². The van der Waals surface area contributed by atoms with Crippen molar-refractivity contribution in [3.05, 3.63) is 71.8 Å². The number of rotatable bonds is 4. The molecule has 0 aliphatic rings. The molecular weight excluding hydrogens is 299 g/mol. The Labute approximate surface area is 146 Å². The molecule has 0 fully saturated rings. The van der Waals surface area contributed by atoms with Gasteiger partial charge in [0.2, 0.25) is 0 Å². The van der Waals surface area contributed by atoms with Crippen molar-refractivity contribution in [2.75, 3.05) is 0 Å². The standard InChI is InChI=1S/C15H16O4S.Na/c1-15(16,20(17,18)19)14(12-8-4-2-5-9-12)13-10-6-3-7-11-13;/h2-11,14,16H,1H3,(H,17,18,19);/q;+1/p-1. The molecule has 1 N–H and O–H groups in total. The molecule has 6 heteroatoms. The van der Waals surface area contributed by atoms with Crippen LogP contribution in [0.3, 0.4) is 0 Å². The van der Waals surface area contributed by atoms with E-state index in [0.717, 1.165) is 6.92 Å². The molecule has 0 saturated carbocycles. The van der Waals surface area contributed by atoms with Gasteiger partial charge in [0.15, 0.2) is 4.93 Å². The van der Waals surface area contributed by atoms with Gasteiger partial charge in [0.25, 0.3) is 0 Å². The van der Waals surface area contributed by atoms with Crippen LogP contribution in [0, 0.1) is 0 Å². The average Bonchev–Trinajstić information content (AvgIpc) is 2.40. The molecule has 2 aromatic carbocycles. The normalized spacial score (nSPS) is 14.3. The van der Waals surface area contributed by atoms with E-state index in [1.165, 1.54) is 0 Å². The van der Waals surface area contributed by atoms with Crippen LogP contribution in [-0.2, 0) is 10.1 Å². The molecule has 1 unspecified atom stereocenters. The summed E-state index contributed by atoms with van der Waals surface area (Å²) in [7, 11) is -4.89. The molecule has 4 nitrogen and oxygen atoms in total. The molecule has 0 aromatic heterocycles. The SMILES string of the molecule is CC(O)(C(c1ccccc1)c1ccccc1)S(=O)(=O)[O-].[Na+]. The van der Waals surface area contributed by atoms with E-state index in [4.69, 9.17) is 0 Å². The topological polar surface area (TPSA) is 77.4 Å². The van der Waals surface area contributed by atoms with E-state index in [0.29, 0.717) is 11.1 Å². The van der Waals surface area contributed by atoms with E-state index in [1.807, 2.05) is 0 Å². The van der Waals surface area contributed by atoms with Gasteiger partial charge >= 0.3 is 29.6 Å². The number of benzene rings is 2. The molecule has 0 spiro atoms. The van der Waals surface area contributed by atoms with Crippen molar-refractivity contribution < 1.29 is 47.6 Å². The summed E-state index contributed by atoms with van der Waals surface area (Å²) >= 11 is 0. The summed E-state index contributed by atoms with van der Waals surface area (Å²) in [6.45, 7) is 1.04. The van der Waals surface area contributed by atoms with Gasteiger partial charge in [-0.3, -0.25) is 0 Å². The molecule has 2 rings (SSSR count). The van der Waals surface area contributed by atoms with E-state index < -0.39 is 21.0 Å². The van der Waals surface area contributed by atoms with E-state index in [2.05, 4.69) is 0 Å². The summed E-state index contributed by atoms with van der Waals surface area (Å²) in [5.41, 5.74) is 1.14. The van der Waals surface area contributed by atoms with Crippen molar-refractivity contribution in [1.82, 2.24) is 0 Å². The maximum absolute atomic E-state index is 11.4. The van der Waals surface area contributed by atoms with Gasteiger partial charge in [-0.1, -0.05) is 60.7 Å². The largest absolute Gasteiger partial charge is 1.00 e. The van der Waals surface area contributed by atoms with Crippen LogP contribution in [0.25, 0.3) is 0 Å². The number of hydrogen-bond acceptors (Lipinski definition) is 4. The molecular formula is C15H15NaO4S. The molecule has 0 radical (unpaired) electrons. The van der Waals surface area contributed by atoms with Crippen LogP contribution in [0.5, 0.6) is 0 Å². The van der Waals surface area contributed by atoms with Crippen LogP contribution in [0.2, 0.25) is 0 Å². The number of aliphatic hydroxyl groups is 1. The molecule has 0 aliphatic carbocycles. The quantitative estimate of drug-likeness (QED) is 0.585. The predicted molar refractivity (Wildman–Crippen MR) is 75.0 cm³/mol. The first-order valence-corrected chi connectivity index (χ1v) is 7.52. The van der Waals surface area contributed by atoms with Crippen molar-refractivity contribution >= 4 is 10.1 Å². The van der Waals surface area contributed by atoms with Gasteiger partial charge in [-0.05, 0) is 18.1 Å². The van der Waals surface area contributed by atoms with Crippen LogP contribution in [0.4, 0.5) is 0 Å². The molecule has 0 aliphatic heterocycles. The Morgan fingerprint density at radius 3 is 1.57 bits per heavy atom. The van der Waals surface area contributed by atoms with Crippen LogP contribution < -0.4 is 29.6 Å². The predicted octanol–water partition coefficient (Wildman–Crippen LogP) is -0.924. The molecule has 2 aromatic rings. The summed E-state index contributed by atoms with van der Waals surface area (Å²) in [5, 5.41) is 10.3. The Balaban J connectivity index is 0.00000220. The van der Waals surface area contributed by atoms with Crippen molar-refractivity contribution in [2.45, 2.75) is 17.8 Å². The summed E-state index contributed by atoms with van der Waals surface area (Å²) in [4.78, 5) is -2.42. The van der Waals surface area contributed by atoms with Crippen molar-refractivity contribution in [2.24, 2.45) is 0 Å². The minimum atomic E-state index is -4.89. The third-order valence-electron chi connectivity index (χ3n) is 3.31. The van der Waals surface area contributed by atoms with Gasteiger partial charge in [-0.2, -0.15) is 0 Å². The van der Waals surface area contributed by atoms with Crippen molar-refractivity contribution in [1.29, 1.82) is 0 Å². The van der Waals surface area contributed by atoms with Gasteiger partial charge in [-0.25, -0.2) is 8.42 Å². The second-order valence-electron chi connectivity index (χ2n) is 4.76. The summed E-state index contributed by atoms with van der Waals surface area (Å²) < 4.78 is 34.3. The Bertz CT molecular complexity index is 630. The first-order valence-electron chi connectivity index (χ1n) is 6.12. The fraction of sp³-hybridized carbons (Fsp3) is 0.200. The van der Waals surface area contributed by atoms with E-state index >= 15 is 0 Å². The summed E-state index contributed by atoms with van der Waals surface area (Å²) in [5.74, 6) is -0.938. The zero-order valence-corrected chi connectivity index (χ0v) is 14.7. The van der Waals surface area contributed by atoms with Gasteiger partial charge in [-0.15, -0.1) is 0 Å². The molecule has 106 valence electrons. The van der Waals surface area contributed by atoms with Crippen molar-refractivity contribution in [3.63, 3.8) is 0 Å². The first kappa shape index (κ1) is 18.4. The Kier molecular flexibility index (Phi) is 6.16. The van der Waals surface area contributed by atoms with Gasteiger partial charge < -0.3 is 9.66 Å². The molecule has 0 bridgehead atoms. The van der Waals surface area contributed by atoms with E-state index in [1.54, 1.807) is 60.7 Å². The molecule has 1 atom stereocenters. The Morgan fingerprint density at radius 2 is 1.29 bits per heavy atom. The van der Waals surface area contributed by atoms with Gasteiger partial charge in [0.05, 0.1) is 5.92 Å². The van der Waals surface area contributed by atoms with Crippen molar-refractivity contribution in [3.8, 4) is 0 Å². The maximum atomic E-state index is 11.4. The van der Waals surface area contributed by atoms with E-state index in [-0.39, 0.29) is 29.6 Å². The van der Waals surface area contributed by atoms with Gasteiger partial charge in [0.1, 0.15) is 10.1 Å². The minimum Gasteiger partial charge on any atom is -0.746 e. The summed E-state index contributed by atoms with van der Waals surface area (Å²) in [6, 6.07) is 17.3. The Hall–Kier alpha value is -0.690.